The van der Waals surface area contributed by atoms with Crippen LogP contribution in [-0.2, 0) is 11.9 Å². The molecule has 0 aliphatic heterocycles. The maximum Gasteiger partial charge on any atom is 0.123 e. The highest BCUT2D eigenvalue weighted by atomic mass is 79.9. The third-order valence-corrected chi connectivity index (χ3v) is 3.79. The minimum absolute atomic E-state index is 0.527. The Morgan fingerprint density at radius 2 is 1.95 bits per heavy atom. The molecule has 2 aromatic rings. The summed E-state index contributed by atoms with van der Waals surface area (Å²) >= 11 is 6.93. The van der Waals surface area contributed by atoms with Crippen molar-refractivity contribution in [2.45, 2.75) is 11.9 Å². The van der Waals surface area contributed by atoms with Gasteiger partial charge in [-0.2, -0.15) is 0 Å². The van der Waals surface area contributed by atoms with Gasteiger partial charge in [-0.3, -0.25) is 0 Å². The molecule has 0 bridgehead atoms. The molecule has 0 spiro atoms. The zero-order valence-corrected chi connectivity index (χ0v) is 13.7. The number of hydrogen-bond donors (Lipinski definition) is 0. The van der Waals surface area contributed by atoms with Gasteiger partial charge in [0, 0.05) is 15.4 Å². The molecule has 0 atom stereocenters. The molecule has 0 fully saturated rings. The molecule has 0 N–H and O–H groups in total. The molecule has 2 rings (SSSR count). The quantitative estimate of drug-likeness (QED) is 0.679. The summed E-state index contributed by atoms with van der Waals surface area (Å²) in [5.41, 5.74) is 2.21. The molecule has 19 heavy (non-hydrogen) atoms. The van der Waals surface area contributed by atoms with E-state index in [1.54, 1.807) is 7.11 Å². The Balaban J connectivity index is 2.09. The van der Waals surface area contributed by atoms with Crippen LogP contribution in [-0.4, -0.2) is 7.11 Å². The number of rotatable bonds is 5. The molecule has 0 saturated heterocycles. The fourth-order valence-corrected chi connectivity index (χ4v) is 2.56. The van der Waals surface area contributed by atoms with E-state index in [2.05, 4.69) is 37.9 Å². The molecule has 0 aromatic heterocycles. The lowest BCUT2D eigenvalue weighted by Crippen LogP contribution is -1.98. The van der Waals surface area contributed by atoms with E-state index in [0.29, 0.717) is 6.61 Å². The van der Waals surface area contributed by atoms with Crippen LogP contribution in [0.2, 0.25) is 0 Å². The Morgan fingerprint density at radius 3 is 2.68 bits per heavy atom. The molecule has 0 saturated carbocycles. The second kappa shape index (κ2) is 6.96. The molecule has 0 amide bonds. The van der Waals surface area contributed by atoms with Gasteiger partial charge < -0.3 is 9.47 Å². The third-order valence-electron chi connectivity index (χ3n) is 2.69. The van der Waals surface area contributed by atoms with E-state index in [9.17, 15) is 0 Å². The molecular formula is C15H14Br2O2. The van der Waals surface area contributed by atoms with Gasteiger partial charge in [-0.15, -0.1) is 0 Å². The lowest BCUT2D eigenvalue weighted by molar-refractivity contribution is 0.303. The minimum atomic E-state index is 0.527. The smallest absolute Gasteiger partial charge is 0.123 e. The van der Waals surface area contributed by atoms with Crippen molar-refractivity contribution in [3.05, 3.63) is 58.1 Å². The van der Waals surface area contributed by atoms with Crippen molar-refractivity contribution in [3.8, 4) is 11.5 Å². The lowest BCUT2D eigenvalue weighted by Gasteiger charge is -2.11. The van der Waals surface area contributed by atoms with Crippen LogP contribution < -0.4 is 9.47 Å². The normalized spacial score (nSPS) is 10.3. The van der Waals surface area contributed by atoms with Gasteiger partial charge in [0.2, 0.25) is 0 Å². The third kappa shape index (κ3) is 3.98. The topological polar surface area (TPSA) is 18.5 Å². The Hall–Kier alpha value is -1.000. The second-order valence-corrected chi connectivity index (χ2v) is 5.50. The van der Waals surface area contributed by atoms with Crippen LogP contribution in [0.5, 0.6) is 11.5 Å². The minimum Gasteiger partial charge on any atom is -0.497 e. The molecule has 2 aromatic carbocycles. The van der Waals surface area contributed by atoms with E-state index in [1.807, 2.05) is 36.4 Å². The highest BCUT2D eigenvalue weighted by Crippen LogP contribution is 2.26. The van der Waals surface area contributed by atoms with Crippen LogP contribution in [0.15, 0.2) is 46.9 Å². The number of alkyl halides is 1. The second-order valence-electron chi connectivity index (χ2n) is 4.03. The summed E-state index contributed by atoms with van der Waals surface area (Å²) in [5, 5.41) is 0.764. The number of methoxy groups -OCH3 is 1. The molecule has 0 radical (unpaired) electrons. The Labute approximate surface area is 130 Å². The van der Waals surface area contributed by atoms with Crippen LogP contribution >= 0.6 is 31.9 Å². The number of halogens is 2. The number of hydrogen-bond acceptors (Lipinski definition) is 2. The number of benzene rings is 2. The molecule has 2 nitrogen and oxygen atoms in total. The fraction of sp³-hybridized carbons (Fsp3) is 0.200. The SMILES string of the molecule is COc1cccc(COc2ccc(Br)cc2CBr)c1. The van der Waals surface area contributed by atoms with Crippen LogP contribution in [0.25, 0.3) is 0 Å². The summed E-state index contributed by atoms with van der Waals surface area (Å²) in [7, 11) is 1.66. The molecule has 4 heteroatoms. The zero-order chi connectivity index (χ0) is 13.7. The van der Waals surface area contributed by atoms with E-state index < -0.39 is 0 Å². The average Bonchev–Trinajstić information content (AvgIpc) is 2.46. The van der Waals surface area contributed by atoms with Crippen LogP contribution in [0.4, 0.5) is 0 Å². The van der Waals surface area contributed by atoms with Crippen LogP contribution in [0.3, 0.4) is 0 Å². The van der Waals surface area contributed by atoms with Crippen molar-refractivity contribution in [2.75, 3.05) is 7.11 Å². The van der Waals surface area contributed by atoms with Crippen molar-refractivity contribution in [3.63, 3.8) is 0 Å². The van der Waals surface area contributed by atoms with Crippen molar-refractivity contribution in [2.24, 2.45) is 0 Å². The maximum absolute atomic E-state index is 5.86. The van der Waals surface area contributed by atoms with E-state index in [4.69, 9.17) is 9.47 Å². The Morgan fingerprint density at radius 1 is 1.11 bits per heavy atom. The van der Waals surface area contributed by atoms with E-state index >= 15 is 0 Å². The standard InChI is InChI=1S/C15H14Br2O2/c1-18-14-4-2-3-11(7-14)10-19-15-6-5-13(17)8-12(15)9-16/h2-8H,9-10H2,1H3. The van der Waals surface area contributed by atoms with Crippen molar-refractivity contribution in [1.82, 2.24) is 0 Å². The summed E-state index contributed by atoms with van der Waals surface area (Å²) in [6.07, 6.45) is 0. The van der Waals surface area contributed by atoms with Gasteiger partial charge in [-0.05, 0) is 35.9 Å². The van der Waals surface area contributed by atoms with Gasteiger partial charge in [0.15, 0.2) is 0 Å². The molecule has 0 unspecified atom stereocenters. The summed E-state index contributed by atoms with van der Waals surface area (Å²) in [6.45, 7) is 0.527. The van der Waals surface area contributed by atoms with Gasteiger partial charge in [-0.1, -0.05) is 44.0 Å². The van der Waals surface area contributed by atoms with Gasteiger partial charge in [0.1, 0.15) is 18.1 Å². The highest BCUT2D eigenvalue weighted by molar-refractivity contribution is 9.10. The highest BCUT2D eigenvalue weighted by Gasteiger charge is 2.04. The largest absolute Gasteiger partial charge is 0.497 e. The fourth-order valence-electron chi connectivity index (χ4n) is 1.72. The first-order valence-corrected chi connectivity index (χ1v) is 7.74. The monoisotopic (exact) mass is 384 g/mol. The van der Waals surface area contributed by atoms with Crippen LogP contribution in [0, 0.1) is 0 Å². The van der Waals surface area contributed by atoms with E-state index in [0.717, 1.165) is 32.4 Å². The van der Waals surface area contributed by atoms with Gasteiger partial charge in [-0.25, -0.2) is 0 Å². The van der Waals surface area contributed by atoms with Gasteiger partial charge in [0.05, 0.1) is 7.11 Å². The zero-order valence-electron chi connectivity index (χ0n) is 10.5. The Kier molecular flexibility index (Phi) is 5.28. The first kappa shape index (κ1) is 14.4. The predicted octanol–water partition coefficient (Wildman–Crippen LogP) is 4.93. The molecule has 0 aliphatic carbocycles. The van der Waals surface area contributed by atoms with Crippen molar-refractivity contribution in [1.29, 1.82) is 0 Å². The lowest BCUT2D eigenvalue weighted by atomic mass is 10.2. The predicted molar refractivity (Wildman–Crippen MR) is 84.1 cm³/mol. The molecule has 0 aliphatic rings. The number of ether oxygens (including phenoxy) is 2. The van der Waals surface area contributed by atoms with E-state index in [-0.39, 0.29) is 0 Å². The maximum atomic E-state index is 5.86. The molecule has 100 valence electrons. The van der Waals surface area contributed by atoms with Gasteiger partial charge >= 0.3 is 0 Å². The summed E-state index contributed by atoms with van der Waals surface area (Å²) in [5.74, 6) is 1.74. The van der Waals surface area contributed by atoms with Gasteiger partial charge in [0.25, 0.3) is 0 Å². The van der Waals surface area contributed by atoms with Crippen molar-refractivity contribution < 1.29 is 9.47 Å². The molecule has 0 heterocycles. The van der Waals surface area contributed by atoms with Crippen molar-refractivity contribution >= 4 is 31.9 Å². The van der Waals surface area contributed by atoms with Crippen LogP contribution in [0.1, 0.15) is 11.1 Å². The first-order valence-electron chi connectivity index (χ1n) is 5.83. The summed E-state index contributed by atoms with van der Waals surface area (Å²) < 4.78 is 12.1. The Bertz CT molecular complexity index is 556. The first-order chi connectivity index (χ1) is 9.22. The molecular weight excluding hydrogens is 372 g/mol. The summed E-state index contributed by atoms with van der Waals surface area (Å²) in [4.78, 5) is 0. The summed E-state index contributed by atoms with van der Waals surface area (Å²) in [6, 6.07) is 13.9. The average molecular weight is 386 g/mol. The van der Waals surface area contributed by atoms with E-state index in [1.165, 1.54) is 0 Å².